The summed E-state index contributed by atoms with van der Waals surface area (Å²) in [7, 11) is 3.22. The summed E-state index contributed by atoms with van der Waals surface area (Å²) in [5.41, 5.74) is 1.76. The molecule has 0 aliphatic carbocycles. The minimum absolute atomic E-state index is 0.105. The van der Waals surface area contributed by atoms with E-state index in [4.69, 9.17) is 9.47 Å². The first-order valence-electron chi connectivity index (χ1n) is 7.98. The summed E-state index contributed by atoms with van der Waals surface area (Å²) < 4.78 is 12.1. The second kappa shape index (κ2) is 7.21. The molecule has 2 aromatic carbocycles. The Balaban J connectivity index is 2.11. The van der Waals surface area contributed by atoms with Gasteiger partial charge in [-0.1, -0.05) is 30.3 Å². The molecule has 5 nitrogen and oxygen atoms in total. The zero-order valence-electron chi connectivity index (χ0n) is 14.4. The Bertz CT molecular complexity index is 976. The van der Waals surface area contributed by atoms with E-state index >= 15 is 0 Å². The van der Waals surface area contributed by atoms with E-state index in [9.17, 15) is 4.79 Å². The molecule has 0 aliphatic rings. The van der Waals surface area contributed by atoms with E-state index in [0.717, 1.165) is 16.6 Å². The number of methoxy groups -OCH3 is 2. The van der Waals surface area contributed by atoms with Crippen LogP contribution < -0.4 is 15.0 Å². The highest BCUT2D eigenvalue weighted by molar-refractivity contribution is 5.83. The monoisotopic (exact) mass is 336 g/mol. The van der Waals surface area contributed by atoms with Gasteiger partial charge in [-0.25, -0.2) is 4.68 Å². The van der Waals surface area contributed by atoms with Gasteiger partial charge in [0.15, 0.2) is 11.5 Å². The molecule has 0 radical (unpaired) electrons. The van der Waals surface area contributed by atoms with Crippen molar-refractivity contribution in [3.63, 3.8) is 0 Å². The number of fused-ring (bicyclic) bond motifs is 1. The van der Waals surface area contributed by atoms with Crippen molar-refractivity contribution < 1.29 is 9.47 Å². The zero-order chi connectivity index (χ0) is 17.8. The van der Waals surface area contributed by atoms with E-state index in [-0.39, 0.29) is 5.56 Å². The fourth-order valence-electron chi connectivity index (χ4n) is 2.87. The molecule has 0 bridgehead atoms. The molecule has 0 fully saturated rings. The normalized spacial score (nSPS) is 10.6. The average molecular weight is 336 g/mol. The fourth-order valence-corrected chi connectivity index (χ4v) is 2.87. The predicted octanol–water partition coefficient (Wildman–Crippen LogP) is 3.19. The van der Waals surface area contributed by atoms with Gasteiger partial charge >= 0.3 is 0 Å². The van der Waals surface area contributed by atoms with Crippen molar-refractivity contribution in [1.82, 2.24) is 9.78 Å². The van der Waals surface area contributed by atoms with Crippen LogP contribution in [0.25, 0.3) is 10.8 Å². The number of ether oxygens (including phenoxy) is 2. The average Bonchev–Trinajstić information content (AvgIpc) is 2.65. The third kappa shape index (κ3) is 3.26. The minimum Gasteiger partial charge on any atom is -0.493 e. The Morgan fingerprint density at radius 1 is 1.08 bits per heavy atom. The van der Waals surface area contributed by atoms with Crippen LogP contribution in [-0.2, 0) is 13.0 Å². The maximum absolute atomic E-state index is 12.5. The van der Waals surface area contributed by atoms with Gasteiger partial charge in [0.2, 0.25) is 0 Å². The van der Waals surface area contributed by atoms with Gasteiger partial charge in [-0.15, -0.1) is 6.58 Å². The number of hydrogen-bond donors (Lipinski definition) is 0. The van der Waals surface area contributed by atoms with Crippen molar-refractivity contribution in [2.24, 2.45) is 0 Å². The summed E-state index contributed by atoms with van der Waals surface area (Å²) in [6, 6.07) is 13.3. The number of nitrogens with zero attached hydrogens (tertiary/aromatic N) is 2. The van der Waals surface area contributed by atoms with Gasteiger partial charge in [0.25, 0.3) is 5.56 Å². The maximum Gasteiger partial charge on any atom is 0.274 e. The molecule has 0 saturated carbocycles. The third-order valence-electron chi connectivity index (χ3n) is 4.07. The van der Waals surface area contributed by atoms with E-state index < -0.39 is 0 Å². The third-order valence-corrected chi connectivity index (χ3v) is 4.07. The predicted molar refractivity (Wildman–Crippen MR) is 98.6 cm³/mol. The summed E-state index contributed by atoms with van der Waals surface area (Å²) in [4.78, 5) is 12.5. The molecule has 3 aromatic rings. The summed E-state index contributed by atoms with van der Waals surface area (Å²) in [5, 5.41) is 6.07. The SMILES string of the molecule is C=CCn1nc(Cc2ccc(OC)c(OC)c2)c2ccccc2c1=O. The summed E-state index contributed by atoms with van der Waals surface area (Å²) in [6.07, 6.45) is 2.25. The Labute approximate surface area is 146 Å². The zero-order valence-corrected chi connectivity index (χ0v) is 14.4. The lowest BCUT2D eigenvalue weighted by atomic mass is 10.0. The lowest BCUT2D eigenvalue weighted by Crippen LogP contribution is -2.24. The van der Waals surface area contributed by atoms with Crippen molar-refractivity contribution >= 4 is 10.8 Å². The van der Waals surface area contributed by atoms with Crippen molar-refractivity contribution in [3.05, 3.63) is 76.7 Å². The van der Waals surface area contributed by atoms with Gasteiger partial charge in [0.05, 0.1) is 31.8 Å². The molecule has 25 heavy (non-hydrogen) atoms. The quantitative estimate of drug-likeness (QED) is 0.649. The Kier molecular flexibility index (Phi) is 4.84. The Hall–Kier alpha value is -3.08. The van der Waals surface area contributed by atoms with Gasteiger partial charge in [0, 0.05) is 11.8 Å². The van der Waals surface area contributed by atoms with Gasteiger partial charge in [-0.05, 0) is 23.8 Å². The molecular formula is C20H20N2O3. The van der Waals surface area contributed by atoms with E-state index in [2.05, 4.69) is 11.7 Å². The second-order valence-corrected chi connectivity index (χ2v) is 5.63. The van der Waals surface area contributed by atoms with Crippen LogP contribution in [0.15, 0.2) is 59.9 Å². The Morgan fingerprint density at radius 2 is 1.80 bits per heavy atom. The van der Waals surface area contributed by atoms with E-state index in [1.165, 1.54) is 4.68 Å². The number of rotatable bonds is 6. The van der Waals surface area contributed by atoms with E-state index in [0.29, 0.717) is 29.9 Å². The van der Waals surface area contributed by atoms with Crippen LogP contribution in [0.2, 0.25) is 0 Å². The number of aromatic nitrogens is 2. The molecule has 128 valence electrons. The first-order valence-corrected chi connectivity index (χ1v) is 7.98. The Morgan fingerprint density at radius 3 is 2.48 bits per heavy atom. The van der Waals surface area contributed by atoms with Crippen LogP contribution in [0.4, 0.5) is 0 Å². The van der Waals surface area contributed by atoms with Crippen molar-refractivity contribution in [3.8, 4) is 11.5 Å². The molecule has 5 heteroatoms. The summed E-state index contributed by atoms with van der Waals surface area (Å²) in [5.74, 6) is 1.35. The number of hydrogen-bond acceptors (Lipinski definition) is 4. The van der Waals surface area contributed by atoms with Crippen LogP contribution in [0.3, 0.4) is 0 Å². The molecule has 1 aromatic heterocycles. The molecule has 0 saturated heterocycles. The first-order chi connectivity index (χ1) is 12.2. The maximum atomic E-state index is 12.5. The molecule has 1 heterocycles. The number of benzene rings is 2. The van der Waals surface area contributed by atoms with Crippen molar-refractivity contribution in [2.45, 2.75) is 13.0 Å². The van der Waals surface area contributed by atoms with Crippen LogP contribution in [0, 0.1) is 0 Å². The summed E-state index contributed by atoms with van der Waals surface area (Å²) >= 11 is 0. The van der Waals surface area contributed by atoms with Gasteiger partial charge < -0.3 is 9.47 Å². The van der Waals surface area contributed by atoms with Gasteiger partial charge in [-0.2, -0.15) is 5.10 Å². The largest absolute Gasteiger partial charge is 0.493 e. The fraction of sp³-hybridized carbons (Fsp3) is 0.200. The molecule has 0 aliphatic heterocycles. The lowest BCUT2D eigenvalue weighted by Gasteiger charge is -2.12. The van der Waals surface area contributed by atoms with Gasteiger partial charge in [-0.3, -0.25) is 4.79 Å². The smallest absolute Gasteiger partial charge is 0.274 e. The van der Waals surface area contributed by atoms with Crippen LogP contribution in [0.1, 0.15) is 11.3 Å². The standard InChI is InChI=1S/C20H20N2O3/c1-4-11-22-20(23)16-8-6-5-7-15(16)17(21-22)12-14-9-10-18(24-2)19(13-14)25-3/h4-10,13H,1,11-12H2,2-3H3. The molecule has 0 unspecified atom stereocenters. The highest BCUT2D eigenvalue weighted by atomic mass is 16.5. The first kappa shape index (κ1) is 16.8. The van der Waals surface area contributed by atoms with Crippen LogP contribution >= 0.6 is 0 Å². The molecule has 0 amide bonds. The van der Waals surface area contributed by atoms with Crippen LogP contribution in [0.5, 0.6) is 11.5 Å². The molecule has 0 N–H and O–H groups in total. The molecular weight excluding hydrogens is 316 g/mol. The highest BCUT2D eigenvalue weighted by Crippen LogP contribution is 2.29. The highest BCUT2D eigenvalue weighted by Gasteiger charge is 2.12. The molecule has 3 rings (SSSR count). The number of allylic oxidation sites excluding steroid dienone is 1. The topological polar surface area (TPSA) is 53.4 Å². The van der Waals surface area contributed by atoms with E-state index in [1.54, 1.807) is 20.3 Å². The summed E-state index contributed by atoms with van der Waals surface area (Å²) in [6.45, 7) is 4.08. The molecule has 0 atom stereocenters. The minimum atomic E-state index is -0.105. The van der Waals surface area contributed by atoms with Gasteiger partial charge in [0.1, 0.15) is 0 Å². The van der Waals surface area contributed by atoms with Crippen LogP contribution in [-0.4, -0.2) is 24.0 Å². The molecule has 0 spiro atoms. The van der Waals surface area contributed by atoms with Crippen molar-refractivity contribution in [2.75, 3.05) is 14.2 Å². The lowest BCUT2D eigenvalue weighted by molar-refractivity contribution is 0.354. The second-order valence-electron chi connectivity index (χ2n) is 5.63. The van der Waals surface area contributed by atoms with E-state index in [1.807, 2.05) is 42.5 Å². The van der Waals surface area contributed by atoms with Crippen molar-refractivity contribution in [1.29, 1.82) is 0 Å².